The Labute approximate surface area is 199 Å². The first-order valence-corrected chi connectivity index (χ1v) is 14.0. The molecule has 0 saturated carbocycles. The monoisotopic (exact) mass is 456 g/mol. The van der Waals surface area contributed by atoms with Crippen molar-refractivity contribution in [3.8, 4) is 0 Å². The average molecular weight is 457 g/mol. The van der Waals surface area contributed by atoms with Crippen molar-refractivity contribution in [1.29, 1.82) is 0 Å². The van der Waals surface area contributed by atoms with Crippen LogP contribution in [0, 0.1) is 0 Å². The fourth-order valence-electron chi connectivity index (χ4n) is 4.18. The van der Waals surface area contributed by atoms with E-state index in [1.807, 2.05) is 6.92 Å². The van der Waals surface area contributed by atoms with Crippen molar-refractivity contribution in [2.75, 3.05) is 6.54 Å². The minimum atomic E-state index is -1.39. The first kappa shape index (κ1) is 31.4. The number of hydrogen-bond donors (Lipinski definition) is 4. The Hall–Kier alpha value is -0.650. The highest BCUT2D eigenvalue weighted by atomic mass is 16.5. The predicted octanol–water partition coefficient (Wildman–Crippen LogP) is 6.56. The van der Waals surface area contributed by atoms with E-state index in [9.17, 15) is 4.79 Å². The Bertz CT molecular complexity index is 391. The molecule has 0 rings (SSSR count). The van der Waals surface area contributed by atoms with Crippen LogP contribution in [0.1, 0.15) is 149 Å². The van der Waals surface area contributed by atoms with Crippen LogP contribution in [0.2, 0.25) is 0 Å². The fraction of sp³-hybridized carbons (Fsp3) is 0.963. The maximum Gasteiger partial charge on any atom is 0.221 e. The number of nitrogens with one attached hydrogen (secondary N) is 2. The van der Waals surface area contributed by atoms with Crippen LogP contribution >= 0.6 is 0 Å². The smallest absolute Gasteiger partial charge is 0.221 e. The summed E-state index contributed by atoms with van der Waals surface area (Å²) in [5.41, 5.74) is 0. The number of carbonyl (C=O) groups is 1. The van der Waals surface area contributed by atoms with Gasteiger partial charge in [0.15, 0.2) is 6.29 Å². The van der Waals surface area contributed by atoms with Crippen molar-refractivity contribution in [3.63, 3.8) is 0 Å². The minimum Gasteiger partial charge on any atom is -0.367 e. The first-order valence-electron chi connectivity index (χ1n) is 14.0. The van der Waals surface area contributed by atoms with Gasteiger partial charge < -0.3 is 15.5 Å². The van der Waals surface area contributed by atoms with E-state index in [1.165, 1.54) is 109 Å². The van der Waals surface area contributed by atoms with Crippen molar-refractivity contribution in [3.05, 3.63) is 0 Å². The molecule has 0 aliphatic carbocycles. The molecule has 0 heterocycles. The number of hydrogen-bond acceptors (Lipinski definition) is 4. The molecule has 0 bridgehead atoms. The molecule has 1 atom stereocenters. The SMILES string of the molecule is CCCCCCCCCCCCCCCCCCCCCC(=O)NC(CC)NCC(O)O. The van der Waals surface area contributed by atoms with Gasteiger partial charge in [0.05, 0.1) is 6.17 Å². The molecule has 5 nitrogen and oxygen atoms in total. The molecule has 5 heteroatoms. The van der Waals surface area contributed by atoms with Crippen molar-refractivity contribution in [2.45, 2.75) is 161 Å². The fourth-order valence-corrected chi connectivity index (χ4v) is 4.18. The number of aliphatic hydroxyl groups is 2. The molecule has 0 spiro atoms. The molecule has 0 radical (unpaired) electrons. The van der Waals surface area contributed by atoms with Crippen molar-refractivity contribution in [2.24, 2.45) is 0 Å². The van der Waals surface area contributed by atoms with Crippen LogP contribution in [0.5, 0.6) is 0 Å². The van der Waals surface area contributed by atoms with E-state index in [4.69, 9.17) is 10.2 Å². The lowest BCUT2D eigenvalue weighted by Crippen LogP contribution is -2.47. The number of amides is 1. The zero-order valence-corrected chi connectivity index (χ0v) is 21.5. The Morgan fingerprint density at radius 2 is 1.00 bits per heavy atom. The lowest BCUT2D eigenvalue weighted by atomic mass is 10.0. The maximum absolute atomic E-state index is 12.0. The highest BCUT2D eigenvalue weighted by Gasteiger charge is 2.10. The molecule has 0 fully saturated rings. The van der Waals surface area contributed by atoms with Crippen LogP contribution in [-0.2, 0) is 4.79 Å². The number of rotatable bonds is 25. The van der Waals surface area contributed by atoms with Crippen LogP contribution in [-0.4, -0.2) is 35.1 Å². The Kier molecular flexibility index (Phi) is 24.5. The lowest BCUT2D eigenvalue weighted by molar-refractivity contribution is -0.122. The molecule has 0 aliphatic heterocycles. The molecule has 0 aliphatic rings. The van der Waals surface area contributed by atoms with Gasteiger partial charge in [0.25, 0.3) is 0 Å². The van der Waals surface area contributed by atoms with Gasteiger partial charge in [-0.3, -0.25) is 10.1 Å². The third kappa shape index (κ3) is 24.0. The molecular formula is C27H56N2O3. The van der Waals surface area contributed by atoms with Crippen LogP contribution in [0.25, 0.3) is 0 Å². The third-order valence-electron chi connectivity index (χ3n) is 6.30. The zero-order valence-electron chi connectivity index (χ0n) is 21.5. The van der Waals surface area contributed by atoms with E-state index in [-0.39, 0.29) is 18.6 Å². The standard InChI is InChI=1S/C27H56N2O3/c1-3-5-6-7-8-9-10-11-12-13-14-15-16-17-18-19-20-21-22-23-26(30)29-25(4-2)28-24-27(31)32/h25,27-28,31-32H,3-24H2,1-2H3,(H,29,30). The molecule has 0 aromatic heterocycles. The molecule has 1 unspecified atom stereocenters. The Morgan fingerprint density at radius 3 is 1.34 bits per heavy atom. The van der Waals surface area contributed by atoms with Gasteiger partial charge in [0.2, 0.25) is 5.91 Å². The lowest BCUT2D eigenvalue weighted by Gasteiger charge is -2.19. The maximum atomic E-state index is 12.0. The van der Waals surface area contributed by atoms with Crippen molar-refractivity contribution >= 4 is 5.91 Å². The van der Waals surface area contributed by atoms with Gasteiger partial charge in [-0.15, -0.1) is 0 Å². The van der Waals surface area contributed by atoms with Gasteiger partial charge in [-0.05, 0) is 12.8 Å². The van der Waals surface area contributed by atoms with Gasteiger partial charge in [-0.25, -0.2) is 0 Å². The Morgan fingerprint density at radius 1 is 0.625 bits per heavy atom. The summed E-state index contributed by atoms with van der Waals surface area (Å²) in [7, 11) is 0. The van der Waals surface area contributed by atoms with Crippen LogP contribution < -0.4 is 10.6 Å². The first-order chi connectivity index (χ1) is 15.6. The van der Waals surface area contributed by atoms with Crippen LogP contribution in [0.3, 0.4) is 0 Å². The van der Waals surface area contributed by atoms with E-state index >= 15 is 0 Å². The number of aliphatic hydroxyl groups excluding tert-OH is 1. The highest BCUT2D eigenvalue weighted by molar-refractivity contribution is 5.76. The third-order valence-corrected chi connectivity index (χ3v) is 6.30. The largest absolute Gasteiger partial charge is 0.367 e. The normalized spacial score (nSPS) is 12.4. The summed E-state index contributed by atoms with van der Waals surface area (Å²) in [5, 5.41) is 23.6. The summed E-state index contributed by atoms with van der Waals surface area (Å²) >= 11 is 0. The topological polar surface area (TPSA) is 81.6 Å². The summed E-state index contributed by atoms with van der Waals surface area (Å²) < 4.78 is 0. The molecule has 0 aromatic carbocycles. The van der Waals surface area contributed by atoms with Gasteiger partial charge in [-0.2, -0.15) is 0 Å². The van der Waals surface area contributed by atoms with Gasteiger partial charge in [0, 0.05) is 13.0 Å². The van der Waals surface area contributed by atoms with Crippen molar-refractivity contribution < 1.29 is 15.0 Å². The summed E-state index contributed by atoms with van der Waals surface area (Å²) in [4.78, 5) is 12.0. The molecule has 1 amide bonds. The number of carbonyl (C=O) groups excluding carboxylic acids is 1. The highest BCUT2D eigenvalue weighted by Crippen LogP contribution is 2.14. The second-order valence-electron chi connectivity index (χ2n) is 9.53. The molecule has 192 valence electrons. The van der Waals surface area contributed by atoms with Crippen molar-refractivity contribution in [1.82, 2.24) is 10.6 Å². The zero-order chi connectivity index (χ0) is 23.7. The van der Waals surface area contributed by atoms with E-state index < -0.39 is 6.29 Å². The van der Waals surface area contributed by atoms with E-state index in [1.54, 1.807) is 0 Å². The van der Waals surface area contributed by atoms with Gasteiger partial charge in [0.1, 0.15) is 0 Å². The molecule has 0 saturated heterocycles. The second kappa shape index (κ2) is 25.0. The summed E-state index contributed by atoms with van der Waals surface area (Å²) in [6.07, 6.45) is 25.4. The summed E-state index contributed by atoms with van der Waals surface area (Å²) in [6, 6.07) is 0. The van der Waals surface area contributed by atoms with Crippen LogP contribution in [0.15, 0.2) is 0 Å². The molecular weight excluding hydrogens is 400 g/mol. The van der Waals surface area contributed by atoms with Gasteiger partial charge in [-0.1, -0.05) is 129 Å². The molecule has 32 heavy (non-hydrogen) atoms. The van der Waals surface area contributed by atoms with E-state index in [2.05, 4.69) is 17.6 Å². The minimum absolute atomic E-state index is 0.0451. The average Bonchev–Trinajstić information content (AvgIpc) is 2.78. The molecule has 0 aromatic rings. The summed E-state index contributed by atoms with van der Waals surface area (Å²) in [6.45, 7) is 4.31. The predicted molar refractivity (Wildman–Crippen MR) is 136 cm³/mol. The molecule has 4 N–H and O–H groups in total. The number of unbranched alkanes of at least 4 members (excludes halogenated alkanes) is 18. The van der Waals surface area contributed by atoms with Crippen LogP contribution in [0.4, 0.5) is 0 Å². The quantitative estimate of drug-likeness (QED) is 0.0926. The second-order valence-corrected chi connectivity index (χ2v) is 9.53. The van der Waals surface area contributed by atoms with E-state index in [0.717, 1.165) is 19.3 Å². The van der Waals surface area contributed by atoms with E-state index in [0.29, 0.717) is 6.42 Å². The van der Waals surface area contributed by atoms with Gasteiger partial charge >= 0.3 is 0 Å². The Balaban J connectivity index is 3.26. The summed E-state index contributed by atoms with van der Waals surface area (Å²) in [5.74, 6) is 0.0451.